The molecule has 2 unspecified atom stereocenters. The molecule has 2 atom stereocenters. The summed E-state index contributed by atoms with van der Waals surface area (Å²) in [6.45, 7) is 1.27. The van der Waals surface area contributed by atoms with Gasteiger partial charge in [-0.1, -0.05) is 0 Å². The van der Waals surface area contributed by atoms with Gasteiger partial charge in [-0.05, 0) is 6.92 Å². The van der Waals surface area contributed by atoms with Crippen LogP contribution in [0.1, 0.15) is 13.3 Å². The number of carbonyl (C=O) groups excluding carboxylic acids is 1. The lowest BCUT2D eigenvalue weighted by molar-refractivity contribution is -0.142. The summed E-state index contributed by atoms with van der Waals surface area (Å²) in [6.07, 6.45) is -0.438. The third-order valence-electron chi connectivity index (χ3n) is 1.47. The molecular weight excluding hydrogens is 192 g/mol. The molecule has 80 valence electrons. The molecule has 5 N–H and O–H groups in total. The lowest BCUT2D eigenvalue weighted by Gasteiger charge is -2.10. The largest absolute Gasteiger partial charge is 0.480 e. The smallest absolute Gasteiger partial charge is 0.325 e. The van der Waals surface area contributed by atoms with E-state index in [1.807, 2.05) is 0 Å². The average Bonchev–Trinajstić information content (AvgIpc) is 2.03. The number of carbonyl (C=O) groups is 3. The van der Waals surface area contributed by atoms with Crippen molar-refractivity contribution in [1.29, 1.82) is 0 Å². The van der Waals surface area contributed by atoms with Crippen LogP contribution in [0.2, 0.25) is 0 Å². The van der Waals surface area contributed by atoms with E-state index in [4.69, 9.17) is 15.9 Å². The van der Waals surface area contributed by atoms with Crippen LogP contribution in [0.15, 0.2) is 0 Å². The highest BCUT2D eigenvalue weighted by Crippen LogP contribution is 1.90. The van der Waals surface area contributed by atoms with Gasteiger partial charge in [0.05, 0.1) is 6.42 Å². The van der Waals surface area contributed by atoms with E-state index in [2.05, 4.69) is 5.32 Å². The standard InChI is InChI=1S/C7H12N2O5/c1-3(6(11)12)9-5(10)2-4(8)7(13)14/h3-4H,2,8H2,1H3,(H,9,10)(H,11,12)(H,13,14). The van der Waals surface area contributed by atoms with Crippen molar-refractivity contribution >= 4 is 17.8 Å². The quantitative estimate of drug-likeness (QED) is 0.425. The Morgan fingerprint density at radius 1 is 1.29 bits per heavy atom. The van der Waals surface area contributed by atoms with Crippen LogP contribution in [0.3, 0.4) is 0 Å². The van der Waals surface area contributed by atoms with Crippen molar-refractivity contribution in [3.8, 4) is 0 Å². The van der Waals surface area contributed by atoms with Crippen molar-refractivity contribution in [3.63, 3.8) is 0 Å². The molecule has 0 saturated heterocycles. The number of carboxylic acids is 2. The number of hydrogen-bond donors (Lipinski definition) is 4. The van der Waals surface area contributed by atoms with Crippen LogP contribution >= 0.6 is 0 Å². The van der Waals surface area contributed by atoms with Gasteiger partial charge in [-0.25, -0.2) is 0 Å². The van der Waals surface area contributed by atoms with Crippen LogP contribution < -0.4 is 11.1 Å². The fourth-order valence-electron chi connectivity index (χ4n) is 0.649. The van der Waals surface area contributed by atoms with Gasteiger partial charge in [-0.2, -0.15) is 0 Å². The van der Waals surface area contributed by atoms with Gasteiger partial charge in [0, 0.05) is 0 Å². The van der Waals surface area contributed by atoms with Crippen molar-refractivity contribution in [2.75, 3.05) is 0 Å². The zero-order valence-corrected chi connectivity index (χ0v) is 7.56. The van der Waals surface area contributed by atoms with E-state index < -0.39 is 36.4 Å². The van der Waals surface area contributed by atoms with Gasteiger partial charge in [0.15, 0.2) is 0 Å². The zero-order chi connectivity index (χ0) is 11.3. The van der Waals surface area contributed by atoms with Gasteiger partial charge in [0.25, 0.3) is 0 Å². The molecule has 14 heavy (non-hydrogen) atoms. The monoisotopic (exact) mass is 204 g/mol. The molecule has 0 rings (SSSR count). The Morgan fingerprint density at radius 3 is 2.14 bits per heavy atom. The Balaban J connectivity index is 3.99. The molecule has 0 fully saturated rings. The lowest BCUT2D eigenvalue weighted by Crippen LogP contribution is -2.42. The highest BCUT2D eigenvalue weighted by molar-refractivity contribution is 5.87. The molecule has 0 aromatic heterocycles. The molecule has 0 aliphatic carbocycles. The maximum atomic E-state index is 11.0. The van der Waals surface area contributed by atoms with Gasteiger partial charge in [0.2, 0.25) is 5.91 Å². The second-order valence-corrected chi connectivity index (χ2v) is 2.78. The predicted octanol–water partition coefficient (Wildman–Crippen LogP) is -1.62. The molecule has 0 aliphatic rings. The van der Waals surface area contributed by atoms with Crippen LogP contribution in [0.4, 0.5) is 0 Å². The molecule has 0 heterocycles. The lowest BCUT2D eigenvalue weighted by atomic mass is 10.2. The minimum atomic E-state index is -1.31. The first-order valence-corrected chi connectivity index (χ1v) is 3.85. The molecule has 0 bridgehead atoms. The summed E-state index contributed by atoms with van der Waals surface area (Å²) in [5.74, 6) is -3.19. The summed E-state index contributed by atoms with van der Waals surface area (Å²) < 4.78 is 0. The first kappa shape index (κ1) is 12.4. The summed E-state index contributed by atoms with van der Waals surface area (Å²) in [7, 11) is 0. The first-order valence-electron chi connectivity index (χ1n) is 3.85. The highest BCUT2D eigenvalue weighted by atomic mass is 16.4. The van der Waals surface area contributed by atoms with Gasteiger partial charge < -0.3 is 21.3 Å². The van der Waals surface area contributed by atoms with Crippen molar-refractivity contribution in [2.45, 2.75) is 25.4 Å². The van der Waals surface area contributed by atoms with E-state index in [1.165, 1.54) is 6.92 Å². The topological polar surface area (TPSA) is 130 Å². The fraction of sp³-hybridized carbons (Fsp3) is 0.571. The Labute approximate surface area is 79.9 Å². The molecular formula is C7H12N2O5. The maximum absolute atomic E-state index is 11.0. The Kier molecular flexibility index (Phi) is 4.57. The molecule has 7 heteroatoms. The summed E-state index contributed by atoms with van der Waals surface area (Å²) >= 11 is 0. The third-order valence-corrected chi connectivity index (χ3v) is 1.47. The predicted molar refractivity (Wildman–Crippen MR) is 45.5 cm³/mol. The summed E-state index contributed by atoms with van der Waals surface area (Å²) in [5.41, 5.74) is 5.06. The summed E-state index contributed by atoms with van der Waals surface area (Å²) in [6, 6.07) is -2.36. The van der Waals surface area contributed by atoms with E-state index in [0.717, 1.165) is 0 Å². The molecule has 0 aliphatic heterocycles. The van der Waals surface area contributed by atoms with Crippen molar-refractivity contribution < 1.29 is 24.6 Å². The van der Waals surface area contributed by atoms with Gasteiger partial charge in [-0.15, -0.1) is 0 Å². The van der Waals surface area contributed by atoms with Crippen LogP contribution in [0.25, 0.3) is 0 Å². The molecule has 1 amide bonds. The number of nitrogens with one attached hydrogen (secondary N) is 1. The van der Waals surface area contributed by atoms with E-state index in [-0.39, 0.29) is 0 Å². The van der Waals surface area contributed by atoms with Crippen LogP contribution in [0.5, 0.6) is 0 Å². The van der Waals surface area contributed by atoms with Gasteiger partial charge >= 0.3 is 11.9 Å². The number of nitrogens with two attached hydrogens (primary N) is 1. The summed E-state index contributed by atoms with van der Waals surface area (Å²) in [5, 5.41) is 18.8. The van der Waals surface area contributed by atoms with Gasteiger partial charge in [0.1, 0.15) is 12.1 Å². The summed E-state index contributed by atoms with van der Waals surface area (Å²) in [4.78, 5) is 31.5. The number of aliphatic carboxylic acids is 2. The van der Waals surface area contributed by atoms with Crippen LogP contribution in [-0.4, -0.2) is 40.1 Å². The minimum absolute atomic E-state index is 0.438. The minimum Gasteiger partial charge on any atom is -0.480 e. The number of carboxylic acid groups (broad SMARTS) is 2. The van der Waals surface area contributed by atoms with Crippen LogP contribution in [-0.2, 0) is 14.4 Å². The molecule has 0 aromatic carbocycles. The zero-order valence-electron chi connectivity index (χ0n) is 7.56. The molecule has 7 nitrogen and oxygen atoms in total. The SMILES string of the molecule is CC(NC(=O)CC(N)C(=O)O)C(=O)O. The average molecular weight is 204 g/mol. The Bertz CT molecular complexity index is 228. The second-order valence-electron chi connectivity index (χ2n) is 2.78. The van der Waals surface area contributed by atoms with Crippen molar-refractivity contribution in [2.24, 2.45) is 5.73 Å². The normalized spacial score (nSPS) is 14.1. The molecule has 0 aromatic rings. The molecule has 0 spiro atoms. The number of amides is 1. The van der Waals surface area contributed by atoms with E-state index in [9.17, 15) is 14.4 Å². The Hall–Kier alpha value is -1.63. The Morgan fingerprint density at radius 2 is 1.79 bits per heavy atom. The second kappa shape index (κ2) is 5.18. The van der Waals surface area contributed by atoms with E-state index >= 15 is 0 Å². The third kappa shape index (κ3) is 4.41. The highest BCUT2D eigenvalue weighted by Gasteiger charge is 2.19. The number of hydrogen-bond acceptors (Lipinski definition) is 4. The van der Waals surface area contributed by atoms with Crippen LogP contribution in [0, 0.1) is 0 Å². The first-order chi connectivity index (χ1) is 6.34. The molecule has 0 radical (unpaired) electrons. The van der Waals surface area contributed by atoms with Gasteiger partial charge in [-0.3, -0.25) is 14.4 Å². The van der Waals surface area contributed by atoms with E-state index in [0.29, 0.717) is 0 Å². The van der Waals surface area contributed by atoms with Crippen molar-refractivity contribution in [3.05, 3.63) is 0 Å². The number of rotatable bonds is 5. The molecule has 0 saturated carbocycles. The van der Waals surface area contributed by atoms with Crippen molar-refractivity contribution in [1.82, 2.24) is 5.32 Å². The fourth-order valence-corrected chi connectivity index (χ4v) is 0.649. The maximum Gasteiger partial charge on any atom is 0.325 e. The van der Waals surface area contributed by atoms with E-state index in [1.54, 1.807) is 0 Å².